The first-order chi connectivity index (χ1) is 9.97. The van der Waals surface area contributed by atoms with Crippen LogP contribution >= 0.6 is 12.2 Å². The van der Waals surface area contributed by atoms with Gasteiger partial charge >= 0.3 is 0 Å². The Balaban J connectivity index is 2.07. The molecule has 108 valence electrons. The summed E-state index contributed by atoms with van der Waals surface area (Å²) in [4.78, 5) is 12.1. The molecule has 2 aromatic rings. The molecule has 0 saturated carbocycles. The Bertz CT molecular complexity index is 675. The normalized spacial score (nSPS) is 10.0. The fraction of sp³-hybridized carbons (Fsp3) is 0.176. The van der Waals surface area contributed by atoms with Crippen LogP contribution in [0.15, 0.2) is 42.5 Å². The Morgan fingerprint density at radius 1 is 1.00 bits per heavy atom. The lowest BCUT2D eigenvalue weighted by molar-refractivity contribution is 0.0977. The van der Waals surface area contributed by atoms with Crippen LogP contribution in [-0.2, 0) is 0 Å². The van der Waals surface area contributed by atoms with E-state index in [0.717, 1.165) is 22.4 Å². The minimum atomic E-state index is -0.206. The van der Waals surface area contributed by atoms with Crippen LogP contribution in [0.3, 0.4) is 0 Å². The van der Waals surface area contributed by atoms with Gasteiger partial charge in [0.05, 0.1) is 0 Å². The van der Waals surface area contributed by atoms with E-state index in [1.807, 2.05) is 57.2 Å². The van der Waals surface area contributed by atoms with Crippen LogP contribution in [0.2, 0.25) is 0 Å². The van der Waals surface area contributed by atoms with Crippen molar-refractivity contribution in [3.05, 3.63) is 64.7 Å². The molecule has 0 unspecified atom stereocenters. The second kappa shape index (κ2) is 6.50. The van der Waals surface area contributed by atoms with Crippen molar-refractivity contribution in [1.29, 1.82) is 0 Å². The molecule has 0 spiro atoms. The van der Waals surface area contributed by atoms with E-state index in [-0.39, 0.29) is 5.91 Å². The van der Waals surface area contributed by atoms with Crippen LogP contribution < -0.4 is 10.6 Å². The molecule has 1 amide bonds. The summed E-state index contributed by atoms with van der Waals surface area (Å²) in [5.41, 5.74) is 4.74. The Morgan fingerprint density at radius 3 is 2.24 bits per heavy atom. The fourth-order valence-electron chi connectivity index (χ4n) is 2.12. The summed E-state index contributed by atoms with van der Waals surface area (Å²) < 4.78 is 0. The number of para-hydroxylation sites is 1. The van der Waals surface area contributed by atoms with Crippen LogP contribution in [0.1, 0.15) is 27.0 Å². The third kappa shape index (κ3) is 3.89. The zero-order valence-corrected chi connectivity index (χ0v) is 13.2. The number of benzene rings is 2. The van der Waals surface area contributed by atoms with Gasteiger partial charge in [0.1, 0.15) is 0 Å². The Labute approximate surface area is 130 Å². The summed E-state index contributed by atoms with van der Waals surface area (Å²) in [5.74, 6) is -0.206. The molecule has 0 saturated heterocycles. The van der Waals surface area contributed by atoms with E-state index in [0.29, 0.717) is 10.7 Å². The third-order valence-corrected chi connectivity index (χ3v) is 3.43. The van der Waals surface area contributed by atoms with E-state index in [9.17, 15) is 4.79 Å². The molecule has 0 aliphatic carbocycles. The lowest BCUT2D eigenvalue weighted by Crippen LogP contribution is -2.34. The van der Waals surface area contributed by atoms with Gasteiger partial charge in [-0.25, -0.2) is 0 Å². The van der Waals surface area contributed by atoms with Crippen molar-refractivity contribution in [2.75, 3.05) is 5.32 Å². The lowest BCUT2D eigenvalue weighted by Gasteiger charge is -2.14. The van der Waals surface area contributed by atoms with Gasteiger partial charge in [0.25, 0.3) is 5.91 Å². The average molecular weight is 298 g/mol. The van der Waals surface area contributed by atoms with Gasteiger partial charge in [-0.2, -0.15) is 0 Å². The number of hydrogen-bond acceptors (Lipinski definition) is 2. The predicted molar refractivity (Wildman–Crippen MR) is 90.8 cm³/mol. The van der Waals surface area contributed by atoms with Crippen molar-refractivity contribution in [1.82, 2.24) is 5.32 Å². The maximum Gasteiger partial charge on any atom is 0.257 e. The molecule has 2 aromatic carbocycles. The maximum absolute atomic E-state index is 12.1. The molecule has 2 N–H and O–H groups in total. The van der Waals surface area contributed by atoms with Crippen LogP contribution in [0.4, 0.5) is 5.69 Å². The summed E-state index contributed by atoms with van der Waals surface area (Å²) in [6.07, 6.45) is 0. The summed E-state index contributed by atoms with van der Waals surface area (Å²) in [6.45, 7) is 5.95. The van der Waals surface area contributed by atoms with Gasteiger partial charge in [0.15, 0.2) is 5.11 Å². The topological polar surface area (TPSA) is 41.1 Å². The number of carbonyl (C=O) groups is 1. The van der Waals surface area contributed by atoms with Crippen LogP contribution in [0.25, 0.3) is 0 Å². The van der Waals surface area contributed by atoms with Gasteiger partial charge < -0.3 is 5.32 Å². The summed E-state index contributed by atoms with van der Waals surface area (Å²) in [7, 11) is 0. The van der Waals surface area contributed by atoms with E-state index in [2.05, 4.69) is 10.6 Å². The van der Waals surface area contributed by atoms with Crippen molar-refractivity contribution >= 4 is 28.9 Å². The minimum absolute atomic E-state index is 0.206. The molecule has 0 bridgehead atoms. The standard InChI is InChI=1S/C17H18N2OS/c1-11-6-4-9-14(10-11)16(20)19-17(21)18-15-12(2)7-5-8-13(15)3/h4-10H,1-3H3,(H2,18,19,20,21). The predicted octanol–water partition coefficient (Wildman–Crippen LogP) is 3.74. The van der Waals surface area contributed by atoms with Crippen molar-refractivity contribution in [2.45, 2.75) is 20.8 Å². The first-order valence-electron chi connectivity index (χ1n) is 6.72. The zero-order valence-electron chi connectivity index (χ0n) is 12.4. The summed E-state index contributed by atoms with van der Waals surface area (Å²) in [5, 5.41) is 6.11. The Morgan fingerprint density at radius 2 is 1.62 bits per heavy atom. The highest BCUT2D eigenvalue weighted by Crippen LogP contribution is 2.19. The van der Waals surface area contributed by atoms with Gasteiger partial charge in [0.2, 0.25) is 0 Å². The van der Waals surface area contributed by atoms with E-state index in [4.69, 9.17) is 12.2 Å². The number of rotatable bonds is 2. The van der Waals surface area contributed by atoms with Gasteiger partial charge in [-0.15, -0.1) is 0 Å². The first kappa shape index (κ1) is 15.2. The van der Waals surface area contributed by atoms with Crippen molar-refractivity contribution in [3.63, 3.8) is 0 Å². The average Bonchev–Trinajstić information content (AvgIpc) is 2.43. The number of amides is 1. The molecule has 0 aliphatic rings. The molecule has 0 aliphatic heterocycles. The molecule has 0 fully saturated rings. The molecular formula is C17H18N2OS. The molecule has 0 atom stereocenters. The number of aryl methyl sites for hydroxylation is 3. The van der Waals surface area contributed by atoms with E-state index in [1.54, 1.807) is 6.07 Å². The van der Waals surface area contributed by atoms with E-state index >= 15 is 0 Å². The van der Waals surface area contributed by atoms with Crippen LogP contribution in [0.5, 0.6) is 0 Å². The number of hydrogen-bond donors (Lipinski definition) is 2. The SMILES string of the molecule is Cc1cccc(C(=O)NC(=S)Nc2c(C)cccc2C)c1. The van der Waals surface area contributed by atoms with Crippen molar-refractivity contribution < 1.29 is 4.79 Å². The van der Waals surface area contributed by atoms with Crippen LogP contribution in [0, 0.1) is 20.8 Å². The lowest BCUT2D eigenvalue weighted by atomic mass is 10.1. The van der Waals surface area contributed by atoms with Crippen molar-refractivity contribution in [3.8, 4) is 0 Å². The molecule has 0 heterocycles. The third-order valence-electron chi connectivity index (χ3n) is 3.23. The summed E-state index contributed by atoms with van der Waals surface area (Å²) >= 11 is 5.22. The van der Waals surface area contributed by atoms with Gasteiger partial charge in [-0.05, 0) is 56.2 Å². The van der Waals surface area contributed by atoms with E-state index in [1.165, 1.54) is 0 Å². The molecule has 2 rings (SSSR count). The molecule has 0 radical (unpaired) electrons. The molecular weight excluding hydrogens is 280 g/mol. The molecule has 21 heavy (non-hydrogen) atoms. The number of carbonyl (C=O) groups excluding carboxylic acids is 1. The minimum Gasteiger partial charge on any atom is -0.332 e. The maximum atomic E-state index is 12.1. The number of anilines is 1. The second-order valence-electron chi connectivity index (χ2n) is 5.04. The Hall–Kier alpha value is -2.20. The number of thiocarbonyl (C=S) groups is 1. The molecule has 3 nitrogen and oxygen atoms in total. The Kier molecular flexibility index (Phi) is 4.70. The number of nitrogens with one attached hydrogen (secondary N) is 2. The second-order valence-corrected chi connectivity index (χ2v) is 5.45. The highest BCUT2D eigenvalue weighted by Gasteiger charge is 2.09. The zero-order chi connectivity index (χ0) is 15.4. The molecule has 4 heteroatoms. The summed E-state index contributed by atoms with van der Waals surface area (Å²) in [6, 6.07) is 13.4. The smallest absolute Gasteiger partial charge is 0.257 e. The van der Waals surface area contributed by atoms with Gasteiger partial charge in [0, 0.05) is 11.3 Å². The van der Waals surface area contributed by atoms with Crippen molar-refractivity contribution in [2.24, 2.45) is 0 Å². The van der Waals surface area contributed by atoms with E-state index < -0.39 is 0 Å². The molecule has 0 aromatic heterocycles. The largest absolute Gasteiger partial charge is 0.332 e. The highest BCUT2D eigenvalue weighted by molar-refractivity contribution is 7.80. The quantitative estimate of drug-likeness (QED) is 0.830. The first-order valence-corrected chi connectivity index (χ1v) is 7.13. The van der Waals surface area contributed by atoms with Gasteiger partial charge in [-0.3, -0.25) is 10.1 Å². The van der Waals surface area contributed by atoms with Gasteiger partial charge in [-0.1, -0.05) is 35.9 Å². The fourth-order valence-corrected chi connectivity index (χ4v) is 2.31. The van der Waals surface area contributed by atoms with Crippen LogP contribution in [-0.4, -0.2) is 11.0 Å². The monoisotopic (exact) mass is 298 g/mol. The highest BCUT2D eigenvalue weighted by atomic mass is 32.1.